The van der Waals surface area contributed by atoms with Crippen LogP contribution >= 0.6 is 0 Å². The van der Waals surface area contributed by atoms with Gasteiger partial charge in [-0.2, -0.15) is 0 Å². The van der Waals surface area contributed by atoms with E-state index in [9.17, 15) is 0 Å². The number of hydrogen-bond donors (Lipinski definition) is 2. The Morgan fingerprint density at radius 2 is 2.36 bits per heavy atom. The molecule has 14 heavy (non-hydrogen) atoms. The van der Waals surface area contributed by atoms with Gasteiger partial charge in [0, 0.05) is 7.11 Å². The van der Waals surface area contributed by atoms with Crippen LogP contribution in [0.3, 0.4) is 0 Å². The zero-order chi connectivity index (χ0) is 10.4. The van der Waals surface area contributed by atoms with Crippen molar-refractivity contribution in [2.75, 3.05) is 24.8 Å². The van der Waals surface area contributed by atoms with Crippen molar-refractivity contribution < 1.29 is 4.74 Å². The van der Waals surface area contributed by atoms with Gasteiger partial charge >= 0.3 is 0 Å². The molecule has 1 heterocycles. The summed E-state index contributed by atoms with van der Waals surface area (Å²) in [6, 6.07) is 5.83. The number of methoxy groups -OCH3 is 1. The third kappa shape index (κ3) is 3.22. The maximum atomic E-state index is 5.57. The Morgan fingerprint density at radius 1 is 1.57 bits per heavy atom. The molecule has 1 rings (SSSR count). The van der Waals surface area contributed by atoms with Gasteiger partial charge < -0.3 is 15.8 Å². The Morgan fingerprint density at radius 3 is 2.93 bits per heavy atom. The van der Waals surface area contributed by atoms with Crippen molar-refractivity contribution in [3.63, 3.8) is 0 Å². The first-order valence-corrected chi connectivity index (χ1v) is 4.74. The Balaban J connectivity index is 2.57. The van der Waals surface area contributed by atoms with Crippen LogP contribution in [0.4, 0.5) is 11.6 Å². The molecule has 1 unspecified atom stereocenters. The van der Waals surface area contributed by atoms with Crippen molar-refractivity contribution >= 4 is 11.6 Å². The summed E-state index contributed by atoms with van der Waals surface area (Å²) in [4.78, 5) is 4.15. The minimum atomic E-state index is 0.286. The fraction of sp³-hybridized carbons (Fsp3) is 0.500. The van der Waals surface area contributed by atoms with E-state index in [4.69, 9.17) is 10.5 Å². The average Bonchev–Trinajstić information content (AvgIpc) is 2.17. The van der Waals surface area contributed by atoms with Gasteiger partial charge in [0.1, 0.15) is 11.6 Å². The molecule has 0 bridgehead atoms. The van der Waals surface area contributed by atoms with Gasteiger partial charge in [0.25, 0.3) is 0 Å². The molecule has 78 valence electrons. The highest BCUT2D eigenvalue weighted by molar-refractivity contribution is 5.42. The van der Waals surface area contributed by atoms with E-state index in [1.807, 2.05) is 12.1 Å². The molecule has 4 heteroatoms. The maximum absolute atomic E-state index is 5.57. The molecule has 0 amide bonds. The fourth-order valence-corrected chi connectivity index (χ4v) is 1.20. The van der Waals surface area contributed by atoms with Crippen LogP contribution in [-0.4, -0.2) is 24.7 Å². The molecule has 0 aliphatic heterocycles. The summed E-state index contributed by atoms with van der Waals surface area (Å²) in [6.45, 7) is 2.77. The van der Waals surface area contributed by atoms with Crippen LogP contribution in [-0.2, 0) is 4.74 Å². The molecule has 0 saturated carbocycles. The Bertz CT molecular complexity index is 278. The lowest BCUT2D eigenvalue weighted by Gasteiger charge is -2.16. The number of nitrogens with one attached hydrogen (secondary N) is 1. The third-order valence-corrected chi connectivity index (χ3v) is 1.98. The number of hydrogen-bond acceptors (Lipinski definition) is 4. The van der Waals surface area contributed by atoms with Gasteiger partial charge in [0.2, 0.25) is 0 Å². The second-order valence-corrected chi connectivity index (χ2v) is 3.15. The first-order valence-electron chi connectivity index (χ1n) is 4.74. The SMILES string of the molecule is CCC(COC)Nc1cccc(N)n1. The molecule has 0 fully saturated rings. The van der Waals surface area contributed by atoms with E-state index >= 15 is 0 Å². The normalized spacial score (nSPS) is 12.4. The van der Waals surface area contributed by atoms with Crippen LogP contribution in [0.25, 0.3) is 0 Å². The van der Waals surface area contributed by atoms with E-state index in [0.717, 1.165) is 12.2 Å². The van der Waals surface area contributed by atoms with Crippen LogP contribution in [0.15, 0.2) is 18.2 Å². The van der Waals surface area contributed by atoms with Crippen molar-refractivity contribution in [2.45, 2.75) is 19.4 Å². The first-order chi connectivity index (χ1) is 6.76. The highest BCUT2D eigenvalue weighted by atomic mass is 16.5. The molecule has 3 N–H and O–H groups in total. The quantitative estimate of drug-likeness (QED) is 0.747. The molecule has 0 radical (unpaired) electrons. The van der Waals surface area contributed by atoms with E-state index in [2.05, 4.69) is 17.2 Å². The summed E-state index contributed by atoms with van der Waals surface area (Å²) in [6.07, 6.45) is 0.990. The molecule has 0 spiro atoms. The number of ether oxygens (including phenoxy) is 1. The topological polar surface area (TPSA) is 60.2 Å². The molecule has 0 aromatic carbocycles. The summed E-state index contributed by atoms with van der Waals surface area (Å²) >= 11 is 0. The number of nitrogen functional groups attached to an aromatic ring is 1. The van der Waals surface area contributed by atoms with Crippen LogP contribution in [0.2, 0.25) is 0 Å². The largest absolute Gasteiger partial charge is 0.384 e. The molecule has 1 aromatic heterocycles. The second-order valence-electron chi connectivity index (χ2n) is 3.15. The van der Waals surface area contributed by atoms with E-state index in [-0.39, 0.29) is 6.04 Å². The van der Waals surface area contributed by atoms with Gasteiger partial charge in [-0.05, 0) is 18.6 Å². The van der Waals surface area contributed by atoms with Gasteiger partial charge in [-0.1, -0.05) is 13.0 Å². The number of aromatic nitrogens is 1. The number of anilines is 2. The van der Waals surface area contributed by atoms with Gasteiger partial charge in [-0.3, -0.25) is 0 Å². The molecular weight excluding hydrogens is 178 g/mol. The molecule has 0 aliphatic carbocycles. The first kappa shape index (κ1) is 10.8. The lowest BCUT2D eigenvalue weighted by molar-refractivity contribution is 0.184. The fourth-order valence-electron chi connectivity index (χ4n) is 1.20. The monoisotopic (exact) mass is 195 g/mol. The van der Waals surface area contributed by atoms with Crippen molar-refractivity contribution in [3.8, 4) is 0 Å². The van der Waals surface area contributed by atoms with Crippen LogP contribution in [0.1, 0.15) is 13.3 Å². The Hall–Kier alpha value is -1.29. The Kier molecular flexibility index (Phi) is 4.19. The average molecular weight is 195 g/mol. The van der Waals surface area contributed by atoms with E-state index in [0.29, 0.717) is 12.4 Å². The van der Waals surface area contributed by atoms with Crippen molar-refractivity contribution in [3.05, 3.63) is 18.2 Å². The van der Waals surface area contributed by atoms with Gasteiger partial charge in [0.15, 0.2) is 0 Å². The van der Waals surface area contributed by atoms with E-state index < -0.39 is 0 Å². The van der Waals surface area contributed by atoms with Crippen LogP contribution in [0, 0.1) is 0 Å². The predicted molar refractivity (Wildman–Crippen MR) is 58.2 cm³/mol. The van der Waals surface area contributed by atoms with Gasteiger partial charge in [-0.25, -0.2) is 4.98 Å². The summed E-state index contributed by atoms with van der Waals surface area (Å²) in [5.74, 6) is 1.33. The van der Waals surface area contributed by atoms with Crippen molar-refractivity contribution in [1.29, 1.82) is 0 Å². The van der Waals surface area contributed by atoms with Gasteiger partial charge in [-0.15, -0.1) is 0 Å². The van der Waals surface area contributed by atoms with Gasteiger partial charge in [0.05, 0.1) is 12.6 Å². The minimum absolute atomic E-state index is 0.286. The van der Waals surface area contributed by atoms with Crippen LogP contribution in [0.5, 0.6) is 0 Å². The van der Waals surface area contributed by atoms with E-state index in [1.54, 1.807) is 13.2 Å². The summed E-state index contributed by atoms with van der Waals surface area (Å²) in [7, 11) is 1.69. The lowest BCUT2D eigenvalue weighted by Crippen LogP contribution is -2.24. The number of nitrogens with two attached hydrogens (primary N) is 1. The smallest absolute Gasteiger partial charge is 0.128 e. The molecule has 1 aromatic rings. The predicted octanol–water partition coefficient (Wildman–Crippen LogP) is 1.50. The third-order valence-electron chi connectivity index (χ3n) is 1.98. The minimum Gasteiger partial charge on any atom is -0.384 e. The molecule has 1 atom stereocenters. The maximum Gasteiger partial charge on any atom is 0.128 e. The zero-order valence-electron chi connectivity index (χ0n) is 8.66. The van der Waals surface area contributed by atoms with E-state index in [1.165, 1.54) is 0 Å². The molecular formula is C10H17N3O. The highest BCUT2D eigenvalue weighted by Gasteiger charge is 2.05. The van der Waals surface area contributed by atoms with Crippen molar-refractivity contribution in [1.82, 2.24) is 4.98 Å². The van der Waals surface area contributed by atoms with Crippen LogP contribution < -0.4 is 11.1 Å². The lowest BCUT2D eigenvalue weighted by atomic mass is 10.2. The zero-order valence-corrected chi connectivity index (χ0v) is 8.66. The summed E-state index contributed by atoms with van der Waals surface area (Å²) < 4.78 is 5.08. The summed E-state index contributed by atoms with van der Waals surface area (Å²) in [5, 5.41) is 3.25. The Labute approximate surface area is 84.5 Å². The highest BCUT2D eigenvalue weighted by Crippen LogP contribution is 2.08. The number of pyridine rings is 1. The number of nitrogens with zero attached hydrogens (tertiary/aromatic N) is 1. The number of rotatable bonds is 5. The molecule has 0 saturated heterocycles. The second kappa shape index (κ2) is 5.44. The van der Waals surface area contributed by atoms with Crippen molar-refractivity contribution in [2.24, 2.45) is 0 Å². The standard InChI is InChI=1S/C10H17N3O/c1-3-8(7-14-2)12-10-6-4-5-9(11)13-10/h4-6,8H,3,7H2,1-2H3,(H3,11,12,13). The summed E-state index contributed by atoms with van der Waals surface area (Å²) in [5.41, 5.74) is 5.57. The molecule has 0 aliphatic rings. The molecule has 4 nitrogen and oxygen atoms in total.